The Morgan fingerprint density at radius 3 is 2.47 bits per heavy atom. The second-order valence-electron chi connectivity index (χ2n) is 5.97. The Kier molecular flexibility index (Phi) is 5.69. The summed E-state index contributed by atoms with van der Waals surface area (Å²) in [6.07, 6.45) is 1.14. The summed E-state index contributed by atoms with van der Waals surface area (Å²) in [6.45, 7) is -0.319. The number of nitro benzene ring substituents is 2. The number of imide groups is 1. The molecule has 2 aromatic rings. The molecule has 1 heterocycles. The van der Waals surface area contributed by atoms with Crippen molar-refractivity contribution in [1.29, 1.82) is 0 Å². The van der Waals surface area contributed by atoms with E-state index in [1.165, 1.54) is 24.3 Å². The Morgan fingerprint density at radius 2 is 1.83 bits per heavy atom. The lowest BCUT2D eigenvalue weighted by Gasteiger charge is -2.12. The van der Waals surface area contributed by atoms with Crippen molar-refractivity contribution in [2.24, 2.45) is 0 Å². The quantitative estimate of drug-likeness (QED) is 0.411. The number of hydrogen-bond donors (Lipinski definition) is 1. The number of thioether (sulfide) groups is 1. The molecule has 0 bridgehead atoms. The van der Waals surface area contributed by atoms with Crippen LogP contribution in [0.2, 0.25) is 0 Å². The van der Waals surface area contributed by atoms with E-state index in [-0.39, 0.29) is 34.0 Å². The Labute approximate surface area is 172 Å². The van der Waals surface area contributed by atoms with Crippen molar-refractivity contribution in [3.8, 4) is 11.5 Å². The first-order chi connectivity index (χ1) is 14.2. The Bertz CT molecular complexity index is 1110. The van der Waals surface area contributed by atoms with Crippen molar-refractivity contribution >= 4 is 40.4 Å². The zero-order valence-corrected chi connectivity index (χ0v) is 16.1. The van der Waals surface area contributed by atoms with Crippen LogP contribution in [0.1, 0.15) is 11.1 Å². The molecular weight excluding hydrogens is 418 g/mol. The Balaban J connectivity index is 1.97. The minimum Gasteiger partial charge on any atom is -0.504 e. The van der Waals surface area contributed by atoms with Crippen molar-refractivity contribution < 1.29 is 29.3 Å². The van der Waals surface area contributed by atoms with Gasteiger partial charge in [-0.1, -0.05) is 18.2 Å². The molecule has 2 aromatic carbocycles. The fourth-order valence-electron chi connectivity index (χ4n) is 2.85. The average molecular weight is 431 g/mol. The lowest BCUT2D eigenvalue weighted by Crippen LogP contribution is -2.27. The highest BCUT2D eigenvalue weighted by molar-refractivity contribution is 8.18. The summed E-state index contributed by atoms with van der Waals surface area (Å²) < 4.78 is 4.87. The summed E-state index contributed by atoms with van der Waals surface area (Å²) >= 11 is 0.551. The number of phenolic OH excluding ortho intramolecular Hbond substituents is 1. The van der Waals surface area contributed by atoms with Crippen LogP contribution in [0.3, 0.4) is 0 Å². The molecule has 1 aliphatic heterocycles. The minimum absolute atomic E-state index is 0.0501. The molecule has 11 nitrogen and oxygen atoms in total. The van der Waals surface area contributed by atoms with E-state index in [2.05, 4.69) is 0 Å². The second-order valence-corrected chi connectivity index (χ2v) is 6.96. The smallest absolute Gasteiger partial charge is 0.322 e. The molecule has 12 heteroatoms. The molecule has 154 valence electrons. The number of carbonyl (C=O) groups is 2. The van der Waals surface area contributed by atoms with E-state index >= 15 is 0 Å². The van der Waals surface area contributed by atoms with E-state index in [1.807, 2.05) is 0 Å². The molecule has 2 amide bonds. The van der Waals surface area contributed by atoms with Crippen molar-refractivity contribution in [2.45, 2.75) is 6.54 Å². The average Bonchev–Trinajstić information content (AvgIpc) is 2.96. The van der Waals surface area contributed by atoms with E-state index < -0.39 is 32.4 Å². The maximum atomic E-state index is 12.7. The largest absolute Gasteiger partial charge is 0.504 e. The molecule has 0 radical (unpaired) electrons. The van der Waals surface area contributed by atoms with E-state index in [0.717, 1.165) is 24.2 Å². The Morgan fingerprint density at radius 1 is 1.13 bits per heavy atom. The van der Waals surface area contributed by atoms with Gasteiger partial charge in [-0.25, -0.2) is 0 Å². The van der Waals surface area contributed by atoms with Gasteiger partial charge in [0, 0.05) is 11.6 Å². The maximum Gasteiger partial charge on any atom is 0.322 e. The molecular formula is C18H13N3O8S. The van der Waals surface area contributed by atoms with Crippen LogP contribution < -0.4 is 4.74 Å². The number of amides is 2. The van der Waals surface area contributed by atoms with Gasteiger partial charge in [0.25, 0.3) is 16.8 Å². The summed E-state index contributed by atoms with van der Waals surface area (Å²) in [5, 5.41) is 31.7. The number of para-hydroxylation sites is 1. The first kappa shape index (κ1) is 20.8. The van der Waals surface area contributed by atoms with Crippen LogP contribution in [-0.2, 0) is 11.3 Å². The third-order valence-corrected chi connectivity index (χ3v) is 5.11. The van der Waals surface area contributed by atoms with Gasteiger partial charge in [-0.2, -0.15) is 0 Å². The summed E-state index contributed by atoms with van der Waals surface area (Å²) in [5.41, 5.74) is -0.684. The lowest BCUT2D eigenvalue weighted by atomic mass is 10.1. The number of nitro groups is 2. The third-order valence-electron chi connectivity index (χ3n) is 4.21. The first-order valence-corrected chi connectivity index (χ1v) is 9.08. The van der Waals surface area contributed by atoms with Gasteiger partial charge in [-0.15, -0.1) is 0 Å². The molecule has 30 heavy (non-hydrogen) atoms. The van der Waals surface area contributed by atoms with Crippen molar-refractivity contribution in [3.63, 3.8) is 0 Å². The minimum atomic E-state index is -0.776. The van der Waals surface area contributed by atoms with Gasteiger partial charge >= 0.3 is 5.69 Å². The zero-order chi connectivity index (χ0) is 22.0. The van der Waals surface area contributed by atoms with Crippen LogP contribution in [0.15, 0.2) is 41.3 Å². The van der Waals surface area contributed by atoms with Gasteiger partial charge in [0.05, 0.1) is 34.0 Å². The standard InChI is InChI=1S/C18H13N3O8S/c1-29-16-13(22)7-6-10(15(16)21(27)28)8-14-17(23)19(18(24)30-14)9-11-4-2-3-5-12(11)20(25)26/h2-8,22H,9H2,1H3/b14-8-. The van der Waals surface area contributed by atoms with Crippen molar-refractivity contribution in [1.82, 2.24) is 4.90 Å². The van der Waals surface area contributed by atoms with Gasteiger partial charge in [0.1, 0.15) is 0 Å². The second kappa shape index (κ2) is 8.21. The molecule has 0 saturated carbocycles. The van der Waals surface area contributed by atoms with Crippen LogP contribution in [0.4, 0.5) is 16.2 Å². The van der Waals surface area contributed by atoms with Crippen LogP contribution in [0.5, 0.6) is 11.5 Å². The monoisotopic (exact) mass is 431 g/mol. The molecule has 0 aromatic heterocycles. The van der Waals surface area contributed by atoms with Crippen molar-refractivity contribution in [2.75, 3.05) is 7.11 Å². The number of methoxy groups -OCH3 is 1. The molecule has 0 aliphatic carbocycles. The topological polar surface area (TPSA) is 153 Å². The van der Waals surface area contributed by atoms with Gasteiger partial charge in [0.15, 0.2) is 5.75 Å². The number of benzene rings is 2. The molecule has 0 atom stereocenters. The van der Waals surface area contributed by atoms with E-state index in [4.69, 9.17) is 4.74 Å². The predicted octanol–water partition coefficient (Wildman–Crippen LogP) is 3.45. The molecule has 1 saturated heterocycles. The summed E-state index contributed by atoms with van der Waals surface area (Å²) in [7, 11) is 1.15. The first-order valence-electron chi connectivity index (χ1n) is 8.26. The third kappa shape index (κ3) is 3.80. The number of nitrogens with zero attached hydrogens (tertiary/aromatic N) is 3. The summed E-state index contributed by atoms with van der Waals surface area (Å²) in [6, 6.07) is 8.08. The number of phenols is 1. The van der Waals surface area contributed by atoms with Crippen LogP contribution in [0.25, 0.3) is 6.08 Å². The number of aromatic hydroxyl groups is 1. The highest BCUT2D eigenvalue weighted by atomic mass is 32.2. The number of carbonyl (C=O) groups excluding carboxylic acids is 2. The number of rotatable bonds is 6. The molecule has 1 N–H and O–H groups in total. The van der Waals surface area contributed by atoms with Crippen LogP contribution >= 0.6 is 11.8 Å². The molecule has 1 fully saturated rings. The van der Waals surface area contributed by atoms with Crippen molar-refractivity contribution in [3.05, 3.63) is 72.7 Å². The van der Waals surface area contributed by atoms with Gasteiger partial charge < -0.3 is 9.84 Å². The number of ether oxygens (including phenoxy) is 1. The van der Waals surface area contributed by atoms with Crippen LogP contribution in [0, 0.1) is 20.2 Å². The fourth-order valence-corrected chi connectivity index (χ4v) is 3.68. The predicted molar refractivity (Wildman–Crippen MR) is 106 cm³/mol. The van der Waals surface area contributed by atoms with Crippen LogP contribution in [-0.4, -0.2) is 38.1 Å². The van der Waals surface area contributed by atoms with E-state index in [1.54, 1.807) is 6.07 Å². The molecule has 0 spiro atoms. The SMILES string of the molecule is COc1c(O)ccc(/C=C2\SC(=O)N(Cc3ccccc3[N+](=O)[O-])C2=O)c1[N+](=O)[O-]. The van der Waals surface area contributed by atoms with E-state index in [9.17, 15) is 34.9 Å². The number of hydrogen-bond acceptors (Lipinski definition) is 9. The molecule has 3 rings (SSSR count). The maximum absolute atomic E-state index is 12.7. The normalized spacial score (nSPS) is 15.0. The lowest BCUT2D eigenvalue weighted by molar-refractivity contribution is -0.386. The van der Waals surface area contributed by atoms with Gasteiger partial charge in [-0.05, 0) is 30.0 Å². The zero-order valence-electron chi connectivity index (χ0n) is 15.3. The summed E-state index contributed by atoms with van der Waals surface area (Å²) in [5.74, 6) is -1.58. The van der Waals surface area contributed by atoms with E-state index in [0.29, 0.717) is 11.8 Å². The molecule has 1 aliphatic rings. The van der Waals surface area contributed by atoms with Gasteiger partial charge in [-0.3, -0.25) is 34.7 Å². The highest BCUT2D eigenvalue weighted by Gasteiger charge is 2.37. The Hall–Kier alpha value is -3.93. The fraction of sp³-hybridized carbons (Fsp3) is 0.111. The molecule has 0 unspecified atom stereocenters. The summed E-state index contributed by atoms with van der Waals surface area (Å²) in [4.78, 5) is 46.9. The van der Waals surface area contributed by atoms with Gasteiger partial charge in [0.2, 0.25) is 5.75 Å². The highest BCUT2D eigenvalue weighted by Crippen LogP contribution is 2.42.